The Morgan fingerprint density at radius 2 is 2.45 bits per heavy atom. The average Bonchev–Trinajstić information content (AvgIpc) is 3.06. The average molecular weight is 308 g/mol. The summed E-state index contributed by atoms with van der Waals surface area (Å²) in [6, 6.07) is 1.15. The Kier molecular flexibility index (Phi) is 3.69. The number of β-amino-alcohol motifs (C(OH)–C–C–N with tert-alkyl or cyclic N) is 1. The first kappa shape index (κ1) is 14.7. The number of aromatic amines is 1. The molecule has 2 aromatic heterocycles. The molecule has 0 saturated carbocycles. The van der Waals surface area contributed by atoms with Gasteiger partial charge in [0.05, 0.1) is 18.6 Å². The summed E-state index contributed by atoms with van der Waals surface area (Å²) in [6.07, 6.45) is 2.51. The number of aryl methyl sites for hydroxylation is 1. The maximum absolute atomic E-state index is 13.0. The van der Waals surface area contributed by atoms with Crippen LogP contribution in [0.15, 0.2) is 16.8 Å². The van der Waals surface area contributed by atoms with E-state index < -0.39 is 11.4 Å². The van der Waals surface area contributed by atoms with Crippen LogP contribution in [0, 0.1) is 12.7 Å². The van der Waals surface area contributed by atoms with Crippen LogP contribution in [0.1, 0.15) is 35.0 Å². The van der Waals surface area contributed by atoms with E-state index >= 15 is 0 Å². The first-order chi connectivity index (χ1) is 10.5. The fraction of sp³-hybridized carbons (Fsp3) is 0.500. The Morgan fingerprint density at radius 1 is 1.64 bits per heavy atom. The van der Waals surface area contributed by atoms with E-state index in [0.29, 0.717) is 31.1 Å². The number of nitrogens with zero attached hydrogens (tertiary/aromatic N) is 3. The molecule has 8 heteroatoms. The molecule has 2 N–H and O–H groups in total. The molecule has 0 spiro atoms. The summed E-state index contributed by atoms with van der Waals surface area (Å²) in [5.41, 5.74) is -0.937. The van der Waals surface area contributed by atoms with Crippen LogP contribution >= 0.6 is 0 Å². The van der Waals surface area contributed by atoms with Gasteiger partial charge in [-0.15, -0.1) is 0 Å². The van der Waals surface area contributed by atoms with Crippen molar-refractivity contribution in [2.24, 2.45) is 0 Å². The van der Waals surface area contributed by atoms with Crippen molar-refractivity contribution in [3.63, 3.8) is 0 Å². The molecular formula is C14H17FN4O3. The van der Waals surface area contributed by atoms with Gasteiger partial charge in [0.1, 0.15) is 11.5 Å². The van der Waals surface area contributed by atoms with Gasteiger partial charge in [-0.1, -0.05) is 5.16 Å². The summed E-state index contributed by atoms with van der Waals surface area (Å²) in [5.74, 6) is 0.0325. The molecule has 22 heavy (non-hydrogen) atoms. The molecule has 3 rings (SSSR count). The van der Waals surface area contributed by atoms with Crippen molar-refractivity contribution >= 4 is 5.91 Å². The number of aliphatic hydroxyl groups is 1. The number of likely N-dealkylation sites (tertiary alicyclic amines) is 1. The number of carbonyl (C=O) groups is 1. The summed E-state index contributed by atoms with van der Waals surface area (Å²) < 4.78 is 18.1. The normalized spacial score (nSPS) is 22.0. The van der Waals surface area contributed by atoms with Crippen LogP contribution in [0.2, 0.25) is 0 Å². The first-order valence-electron chi connectivity index (χ1n) is 7.10. The molecule has 1 saturated heterocycles. The molecular weight excluding hydrogens is 291 g/mol. The van der Waals surface area contributed by atoms with Gasteiger partial charge in [0.25, 0.3) is 5.91 Å². The monoisotopic (exact) mass is 308 g/mol. The Labute approximate surface area is 126 Å². The predicted molar refractivity (Wildman–Crippen MR) is 73.6 cm³/mol. The minimum atomic E-state index is -1.11. The Morgan fingerprint density at radius 3 is 3.09 bits per heavy atom. The number of halogens is 1. The zero-order valence-corrected chi connectivity index (χ0v) is 12.2. The summed E-state index contributed by atoms with van der Waals surface area (Å²) in [7, 11) is 0. The highest BCUT2D eigenvalue weighted by Crippen LogP contribution is 2.26. The molecule has 2 aromatic rings. The predicted octanol–water partition coefficient (Wildman–Crippen LogP) is 1.06. The number of amides is 1. The van der Waals surface area contributed by atoms with Crippen LogP contribution in [-0.4, -0.2) is 49.7 Å². The van der Waals surface area contributed by atoms with Crippen LogP contribution in [0.5, 0.6) is 0 Å². The summed E-state index contributed by atoms with van der Waals surface area (Å²) >= 11 is 0. The van der Waals surface area contributed by atoms with Crippen molar-refractivity contribution in [2.45, 2.75) is 31.8 Å². The van der Waals surface area contributed by atoms with E-state index in [0.717, 1.165) is 12.3 Å². The largest absolute Gasteiger partial charge is 0.388 e. The van der Waals surface area contributed by atoms with E-state index in [1.165, 1.54) is 4.90 Å². The number of carbonyl (C=O) groups excluding carboxylic acids is 1. The second-order valence-electron chi connectivity index (χ2n) is 5.70. The molecule has 0 bridgehead atoms. The Balaban J connectivity index is 1.71. The lowest BCUT2D eigenvalue weighted by Gasteiger charge is -2.38. The number of hydrogen-bond acceptors (Lipinski definition) is 5. The first-order valence-corrected chi connectivity index (χ1v) is 7.10. The molecule has 1 fully saturated rings. The van der Waals surface area contributed by atoms with E-state index in [4.69, 9.17) is 4.52 Å². The van der Waals surface area contributed by atoms with Gasteiger partial charge in [-0.05, 0) is 19.8 Å². The zero-order valence-electron chi connectivity index (χ0n) is 12.2. The van der Waals surface area contributed by atoms with E-state index in [1.54, 1.807) is 6.92 Å². The van der Waals surface area contributed by atoms with Crippen molar-refractivity contribution in [3.8, 4) is 0 Å². The molecule has 1 amide bonds. The molecule has 1 unspecified atom stereocenters. The summed E-state index contributed by atoms with van der Waals surface area (Å²) in [4.78, 5) is 20.5. The van der Waals surface area contributed by atoms with Gasteiger partial charge >= 0.3 is 0 Å². The third-order valence-electron chi connectivity index (χ3n) is 3.77. The van der Waals surface area contributed by atoms with Crippen LogP contribution in [-0.2, 0) is 6.42 Å². The number of nitrogens with one attached hydrogen (secondary N) is 1. The molecule has 118 valence electrons. The fourth-order valence-electron chi connectivity index (χ4n) is 2.79. The molecule has 3 heterocycles. The fourth-order valence-corrected chi connectivity index (χ4v) is 2.79. The van der Waals surface area contributed by atoms with E-state index in [9.17, 15) is 14.3 Å². The van der Waals surface area contributed by atoms with Gasteiger partial charge in [0, 0.05) is 18.8 Å². The van der Waals surface area contributed by atoms with Gasteiger partial charge in [0.2, 0.25) is 5.89 Å². The van der Waals surface area contributed by atoms with Crippen LogP contribution in [0.25, 0.3) is 0 Å². The second kappa shape index (κ2) is 5.53. The van der Waals surface area contributed by atoms with Gasteiger partial charge < -0.3 is 19.5 Å². The smallest absolute Gasteiger partial charge is 0.270 e. The van der Waals surface area contributed by atoms with E-state index in [2.05, 4.69) is 15.1 Å². The number of rotatable bonds is 3. The lowest BCUT2D eigenvalue weighted by atomic mass is 9.89. The van der Waals surface area contributed by atoms with Gasteiger partial charge in [-0.3, -0.25) is 4.79 Å². The number of hydrogen-bond donors (Lipinski definition) is 2. The SMILES string of the molecule is Cc1noc(CC2(O)CCCN(C(=O)c3cc(F)c[nH]3)C2)n1. The molecule has 0 aliphatic carbocycles. The van der Waals surface area contributed by atoms with Gasteiger partial charge in [-0.25, -0.2) is 4.39 Å². The molecule has 1 aliphatic rings. The van der Waals surface area contributed by atoms with Crippen molar-refractivity contribution in [2.75, 3.05) is 13.1 Å². The highest BCUT2D eigenvalue weighted by molar-refractivity contribution is 5.92. The van der Waals surface area contributed by atoms with Crippen molar-refractivity contribution in [1.29, 1.82) is 0 Å². The van der Waals surface area contributed by atoms with Crippen molar-refractivity contribution < 1.29 is 18.8 Å². The number of piperidine rings is 1. The quantitative estimate of drug-likeness (QED) is 0.884. The Hall–Kier alpha value is -2.22. The van der Waals surface area contributed by atoms with Crippen molar-refractivity contribution in [1.82, 2.24) is 20.0 Å². The number of H-pyrrole nitrogens is 1. The molecule has 0 radical (unpaired) electrons. The van der Waals surface area contributed by atoms with Gasteiger partial charge in [-0.2, -0.15) is 4.98 Å². The van der Waals surface area contributed by atoms with Crippen LogP contribution < -0.4 is 0 Å². The molecule has 1 aliphatic heterocycles. The summed E-state index contributed by atoms with van der Waals surface area (Å²) in [5, 5.41) is 14.4. The van der Waals surface area contributed by atoms with Gasteiger partial charge in [0.15, 0.2) is 5.82 Å². The lowest BCUT2D eigenvalue weighted by Crippen LogP contribution is -2.51. The minimum absolute atomic E-state index is 0.147. The Bertz CT molecular complexity index is 683. The van der Waals surface area contributed by atoms with Crippen molar-refractivity contribution in [3.05, 3.63) is 35.5 Å². The standard InChI is InChI=1S/C14H17FN4O3/c1-9-17-12(22-18-9)6-14(21)3-2-4-19(8-14)13(20)11-5-10(15)7-16-11/h5,7,16,21H,2-4,6,8H2,1H3. The zero-order chi connectivity index (χ0) is 15.7. The molecule has 1 atom stereocenters. The lowest BCUT2D eigenvalue weighted by molar-refractivity contribution is -0.0288. The maximum atomic E-state index is 13.0. The molecule has 7 nitrogen and oxygen atoms in total. The minimum Gasteiger partial charge on any atom is -0.388 e. The van der Waals surface area contributed by atoms with Crippen LogP contribution in [0.4, 0.5) is 4.39 Å². The second-order valence-corrected chi connectivity index (χ2v) is 5.70. The van der Waals surface area contributed by atoms with Crippen LogP contribution in [0.3, 0.4) is 0 Å². The third kappa shape index (κ3) is 3.01. The highest BCUT2D eigenvalue weighted by Gasteiger charge is 2.37. The number of aromatic nitrogens is 3. The third-order valence-corrected chi connectivity index (χ3v) is 3.77. The van der Waals surface area contributed by atoms with E-state index in [1.807, 2.05) is 0 Å². The molecule has 0 aromatic carbocycles. The summed E-state index contributed by atoms with van der Waals surface area (Å²) in [6.45, 7) is 2.37. The maximum Gasteiger partial charge on any atom is 0.270 e. The van der Waals surface area contributed by atoms with E-state index in [-0.39, 0.29) is 24.6 Å². The topological polar surface area (TPSA) is 95.3 Å². The highest BCUT2D eigenvalue weighted by atomic mass is 19.1.